The van der Waals surface area contributed by atoms with Crippen LogP contribution in [0.4, 0.5) is 5.82 Å². The maximum absolute atomic E-state index is 4.29. The summed E-state index contributed by atoms with van der Waals surface area (Å²) in [7, 11) is 3.66. The molecule has 9 heteroatoms. The topological polar surface area (TPSA) is 92.1 Å². The van der Waals surface area contributed by atoms with Crippen LogP contribution in [0.3, 0.4) is 0 Å². The lowest BCUT2D eigenvalue weighted by Gasteiger charge is -2.12. The third-order valence-corrected chi connectivity index (χ3v) is 3.79. The van der Waals surface area contributed by atoms with Gasteiger partial charge in [-0.05, 0) is 6.42 Å². The Balaban J connectivity index is 0.00000312. The Bertz CT molecular complexity index is 655. The van der Waals surface area contributed by atoms with Crippen LogP contribution in [-0.4, -0.2) is 52.4 Å². The molecule has 2 heterocycles. The average Bonchev–Trinajstić information content (AvgIpc) is 2.98. The molecule has 0 aromatic carbocycles. The molecule has 0 aliphatic carbocycles. The third-order valence-electron chi connectivity index (χ3n) is 3.79. The normalized spacial score (nSPS) is 11.2. The predicted molar refractivity (Wildman–Crippen MR) is 114 cm³/mol. The van der Waals surface area contributed by atoms with Gasteiger partial charge >= 0.3 is 0 Å². The molecule has 0 aliphatic rings. The van der Waals surface area contributed by atoms with Gasteiger partial charge in [0.15, 0.2) is 11.6 Å². The molecule has 8 nitrogen and oxygen atoms in total. The van der Waals surface area contributed by atoms with Crippen molar-refractivity contribution in [2.24, 2.45) is 12.0 Å². The van der Waals surface area contributed by atoms with Crippen LogP contribution in [0, 0.1) is 0 Å². The Labute approximate surface area is 166 Å². The van der Waals surface area contributed by atoms with E-state index in [1.807, 2.05) is 7.05 Å². The second kappa shape index (κ2) is 11.8. The van der Waals surface area contributed by atoms with Crippen LogP contribution in [0.15, 0.2) is 17.5 Å². The lowest BCUT2D eigenvalue weighted by molar-refractivity contribution is 0.647. The SMILES string of the molecule is CCCCCCNC(=NC)NCCNc1ncnc2c1cnn2C.I. The second-order valence-electron chi connectivity index (χ2n) is 5.64. The molecule has 3 N–H and O–H groups in total. The molecule has 0 saturated heterocycles. The number of hydrogen-bond acceptors (Lipinski definition) is 5. The number of aryl methyl sites for hydroxylation is 1. The standard InChI is InChI=1S/C16H28N8.HI/c1-4-5-6-7-8-19-16(17-2)20-10-9-18-14-13-11-23-24(3)15(13)22-12-21-14;/h11-12H,4-10H2,1-3H3,(H2,17,19,20)(H,18,21,22);1H. The minimum Gasteiger partial charge on any atom is -0.368 e. The number of fused-ring (bicyclic) bond motifs is 1. The first kappa shape index (κ1) is 21.4. The van der Waals surface area contributed by atoms with Gasteiger partial charge in [0.1, 0.15) is 12.1 Å². The van der Waals surface area contributed by atoms with Crippen LogP contribution in [0.2, 0.25) is 0 Å². The van der Waals surface area contributed by atoms with Crippen LogP contribution in [0.1, 0.15) is 32.6 Å². The van der Waals surface area contributed by atoms with E-state index in [1.54, 1.807) is 24.3 Å². The Morgan fingerprint density at radius 1 is 1.12 bits per heavy atom. The van der Waals surface area contributed by atoms with Crippen molar-refractivity contribution in [1.82, 2.24) is 30.4 Å². The highest BCUT2D eigenvalue weighted by atomic mass is 127. The molecule has 0 spiro atoms. The van der Waals surface area contributed by atoms with Crippen molar-refractivity contribution in [3.63, 3.8) is 0 Å². The number of aliphatic imine (C=N–C) groups is 1. The number of hydrogen-bond donors (Lipinski definition) is 3. The molecule has 2 aromatic rings. The van der Waals surface area contributed by atoms with E-state index in [2.05, 4.69) is 42.9 Å². The summed E-state index contributed by atoms with van der Waals surface area (Å²) < 4.78 is 1.74. The number of rotatable bonds is 9. The minimum absolute atomic E-state index is 0. The smallest absolute Gasteiger partial charge is 0.191 e. The van der Waals surface area contributed by atoms with Crippen molar-refractivity contribution in [2.45, 2.75) is 32.6 Å². The van der Waals surface area contributed by atoms with E-state index in [1.165, 1.54) is 25.7 Å². The molecule has 0 unspecified atom stereocenters. The van der Waals surface area contributed by atoms with Gasteiger partial charge in [-0.15, -0.1) is 24.0 Å². The average molecular weight is 460 g/mol. The summed E-state index contributed by atoms with van der Waals surface area (Å²) in [5, 5.41) is 15.1. The van der Waals surface area contributed by atoms with Crippen molar-refractivity contribution in [2.75, 3.05) is 32.0 Å². The summed E-state index contributed by atoms with van der Waals surface area (Å²) in [6.07, 6.45) is 8.31. The summed E-state index contributed by atoms with van der Waals surface area (Å²) in [5.41, 5.74) is 0.824. The summed E-state index contributed by atoms with van der Waals surface area (Å²) in [6, 6.07) is 0. The number of unbranched alkanes of at least 4 members (excludes halogenated alkanes) is 3. The Morgan fingerprint density at radius 3 is 2.68 bits per heavy atom. The number of halogens is 1. The lowest BCUT2D eigenvalue weighted by Crippen LogP contribution is -2.39. The molecular formula is C16H29IN8. The van der Waals surface area contributed by atoms with Gasteiger partial charge in [-0.25, -0.2) is 9.97 Å². The molecule has 0 aliphatic heterocycles. The fraction of sp³-hybridized carbons (Fsp3) is 0.625. The van der Waals surface area contributed by atoms with Gasteiger partial charge in [-0.1, -0.05) is 26.2 Å². The fourth-order valence-corrected chi connectivity index (χ4v) is 2.44. The second-order valence-corrected chi connectivity index (χ2v) is 5.64. The van der Waals surface area contributed by atoms with Gasteiger partial charge in [0.25, 0.3) is 0 Å². The molecule has 0 bridgehead atoms. The van der Waals surface area contributed by atoms with E-state index in [9.17, 15) is 0 Å². The third kappa shape index (κ3) is 6.63. The number of guanidine groups is 1. The summed E-state index contributed by atoms with van der Waals surface area (Å²) in [4.78, 5) is 12.7. The van der Waals surface area contributed by atoms with Crippen LogP contribution in [0.25, 0.3) is 11.0 Å². The first-order chi connectivity index (χ1) is 11.8. The molecular weight excluding hydrogens is 431 g/mol. The maximum Gasteiger partial charge on any atom is 0.191 e. The van der Waals surface area contributed by atoms with Crippen LogP contribution in [-0.2, 0) is 7.05 Å². The van der Waals surface area contributed by atoms with E-state index in [-0.39, 0.29) is 24.0 Å². The highest BCUT2D eigenvalue weighted by molar-refractivity contribution is 14.0. The van der Waals surface area contributed by atoms with Crippen LogP contribution in [0.5, 0.6) is 0 Å². The molecule has 0 atom stereocenters. The Hall–Kier alpha value is -1.65. The van der Waals surface area contributed by atoms with E-state index in [4.69, 9.17) is 0 Å². The highest BCUT2D eigenvalue weighted by Gasteiger charge is 2.06. The summed E-state index contributed by atoms with van der Waals surface area (Å²) >= 11 is 0. The Kier molecular flexibility index (Phi) is 10.1. The Morgan fingerprint density at radius 2 is 1.92 bits per heavy atom. The van der Waals surface area contributed by atoms with E-state index >= 15 is 0 Å². The molecule has 2 rings (SSSR count). The molecule has 0 saturated carbocycles. The first-order valence-corrected chi connectivity index (χ1v) is 8.57. The lowest BCUT2D eigenvalue weighted by atomic mass is 10.2. The molecule has 25 heavy (non-hydrogen) atoms. The number of aromatic nitrogens is 4. The predicted octanol–water partition coefficient (Wildman–Crippen LogP) is 2.14. The highest BCUT2D eigenvalue weighted by Crippen LogP contribution is 2.16. The summed E-state index contributed by atoms with van der Waals surface area (Å²) in [6.45, 7) is 4.66. The molecule has 140 valence electrons. The maximum atomic E-state index is 4.29. The minimum atomic E-state index is 0. The van der Waals surface area contributed by atoms with Gasteiger partial charge in [0.05, 0.1) is 11.6 Å². The summed E-state index contributed by atoms with van der Waals surface area (Å²) in [5.74, 6) is 1.64. The quantitative estimate of drug-likeness (QED) is 0.230. The van der Waals surface area contributed by atoms with Crippen molar-refractivity contribution >= 4 is 46.8 Å². The van der Waals surface area contributed by atoms with Gasteiger partial charge in [0.2, 0.25) is 0 Å². The zero-order chi connectivity index (χ0) is 17.2. The van der Waals surface area contributed by atoms with Gasteiger partial charge in [-0.2, -0.15) is 5.10 Å². The molecule has 0 amide bonds. The molecule has 2 aromatic heterocycles. The first-order valence-electron chi connectivity index (χ1n) is 8.57. The number of nitrogens with one attached hydrogen (secondary N) is 3. The van der Waals surface area contributed by atoms with Crippen molar-refractivity contribution in [3.8, 4) is 0 Å². The van der Waals surface area contributed by atoms with E-state index in [0.717, 1.165) is 42.4 Å². The van der Waals surface area contributed by atoms with E-state index < -0.39 is 0 Å². The number of nitrogens with zero attached hydrogens (tertiary/aromatic N) is 5. The van der Waals surface area contributed by atoms with Crippen molar-refractivity contribution < 1.29 is 0 Å². The van der Waals surface area contributed by atoms with Gasteiger partial charge in [0, 0.05) is 33.7 Å². The number of anilines is 1. The van der Waals surface area contributed by atoms with Crippen molar-refractivity contribution in [1.29, 1.82) is 0 Å². The molecule has 0 fully saturated rings. The zero-order valence-corrected chi connectivity index (χ0v) is 17.6. The van der Waals surface area contributed by atoms with E-state index in [0.29, 0.717) is 0 Å². The monoisotopic (exact) mass is 460 g/mol. The van der Waals surface area contributed by atoms with Crippen molar-refractivity contribution in [3.05, 3.63) is 12.5 Å². The van der Waals surface area contributed by atoms with Crippen LogP contribution >= 0.6 is 24.0 Å². The zero-order valence-electron chi connectivity index (χ0n) is 15.2. The van der Waals surface area contributed by atoms with Crippen LogP contribution < -0.4 is 16.0 Å². The van der Waals surface area contributed by atoms with Gasteiger partial charge < -0.3 is 16.0 Å². The van der Waals surface area contributed by atoms with Gasteiger partial charge in [-0.3, -0.25) is 9.67 Å². The largest absolute Gasteiger partial charge is 0.368 e. The fourth-order valence-electron chi connectivity index (χ4n) is 2.44. The molecule has 0 radical (unpaired) electrons.